The number of piperazine rings is 1. The van der Waals surface area contributed by atoms with Crippen LogP contribution in [0.15, 0.2) is 23.1 Å². The SMILES string of the molecule is COC(=O)NC(=O)C[NH+]1CCN(S(=O)(=O)c2c(F)cccc2F)CC1. The Morgan fingerprint density at radius 2 is 1.80 bits per heavy atom. The van der Waals surface area contributed by atoms with Crippen LogP contribution in [-0.2, 0) is 19.6 Å². The first-order chi connectivity index (χ1) is 11.8. The second-order valence-electron chi connectivity index (χ2n) is 5.42. The number of quaternary nitrogens is 1. The largest absolute Gasteiger partial charge is 0.453 e. The van der Waals surface area contributed by atoms with Gasteiger partial charge in [-0.2, -0.15) is 4.31 Å². The van der Waals surface area contributed by atoms with Crippen LogP contribution in [0.3, 0.4) is 0 Å². The van der Waals surface area contributed by atoms with Crippen molar-refractivity contribution in [2.45, 2.75) is 4.90 Å². The summed E-state index contributed by atoms with van der Waals surface area (Å²) in [5.41, 5.74) is 0. The molecule has 0 bridgehead atoms. The lowest BCUT2D eigenvalue weighted by atomic mass is 10.3. The van der Waals surface area contributed by atoms with Crippen molar-refractivity contribution in [2.75, 3.05) is 39.8 Å². The first-order valence-corrected chi connectivity index (χ1v) is 8.85. The highest BCUT2D eigenvalue weighted by Gasteiger charge is 2.34. The second-order valence-corrected chi connectivity index (χ2v) is 7.30. The summed E-state index contributed by atoms with van der Waals surface area (Å²) in [6.45, 7) is 0.457. The van der Waals surface area contributed by atoms with Crippen molar-refractivity contribution in [2.24, 2.45) is 0 Å². The van der Waals surface area contributed by atoms with E-state index < -0.39 is 38.6 Å². The number of carbonyl (C=O) groups excluding carboxylic acids is 2. The van der Waals surface area contributed by atoms with Crippen LogP contribution in [0, 0.1) is 11.6 Å². The molecule has 0 spiro atoms. The van der Waals surface area contributed by atoms with Crippen LogP contribution < -0.4 is 10.2 Å². The van der Waals surface area contributed by atoms with Crippen LogP contribution in [0.4, 0.5) is 13.6 Å². The molecule has 0 saturated carbocycles. The summed E-state index contributed by atoms with van der Waals surface area (Å²) in [6, 6.07) is 2.86. The van der Waals surface area contributed by atoms with Crippen LogP contribution in [-0.4, -0.2) is 64.6 Å². The lowest BCUT2D eigenvalue weighted by Gasteiger charge is -2.31. The molecule has 8 nitrogen and oxygen atoms in total. The number of carbonyl (C=O) groups is 2. The first kappa shape index (κ1) is 19.2. The van der Waals surface area contributed by atoms with Crippen molar-refractivity contribution in [3.63, 3.8) is 0 Å². The standard InChI is InChI=1S/C14H17F2N3O5S/c1-24-14(21)17-12(20)9-18-5-7-19(8-6-18)25(22,23)13-10(15)3-2-4-11(13)16/h2-4H,5-9H2,1H3,(H,17,20,21)/p+1. The predicted octanol–water partition coefficient (Wildman–Crippen LogP) is -1.26. The van der Waals surface area contributed by atoms with Gasteiger partial charge >= 0.3 is 6.09 Å². The number of halogens is 2. The Balaban J connectivity index is 2.00. The van der Waals surface area contributed by atoms with Gasteiger partial charge in [-0.05, 0) is 12.1 Å². The number of rotatable bonds is 4. The van der Waals surface area contributed by atoms with E-state index in [0.29, 0.717) is 0 Å². The Morgan fingerprint density at radius 1 is 1.24 bits per heavy atom. The minimum Gasteiger partial charge on any atom is -0.453 e. The molecule has 11 heteroatoms. The van der Waals surface area contributed by atoms with E-state index in [9.17, 15) is 26.8 Å². The number of methoxy groups -OCH3 is 1. The summed E-state index contributed by atoms with van der Waals surface area (Å²) in [6.07, 6.45) is -0.874. The monoisotopic (exact) mass is 378 g/mol. The molecule has 25 heavy (non-hydrogen) atoms. The van der Waals surface area contributed by atoms with E-state index in [2.05, 4.69) is 4.74 Å². The summed E-state index contributed by atoms with van der Waals surface area (Å²) in [5.74, 6) is -2.85. The molecular weight excluding hydrogens is 360 g/mol. The zero-order valence-electron chi connectivity index (χ0n) is 13.4. The summed E-state index contributed by atoms with van der Waals surface area (Å²) < 4.78 is 57.7. The van der Waals surface area contributed by atoms with Gasteiger partial charge in [-0.25, -0.2) is 22.0 Å². The molecule has 1 fully saturated rings. The van der Waals surface area contributed by atoms with Gasteiger partial charge in [-0.3, -0.25) is 10.1 Å². The maximum absolute atomic E-state index is 13.8. The van der Waals surface area contributed by atoms with E-state index in [0.717, 1.165) is 34.5 Å². The van der Waals surface area contributed by atoms with E-state index in [4.69, 9.17) is 0 Å². The molecule has 1 aliphatic heterocycles. The lowest BCUT2D eigenvalue weighted by molar-refractivity contribution is -0.895. The molecule has 2 N–H and O–H groups in total. The molecule has 0 aromatic heterocycles. The van der Waals surface area contributed by atoms with Crippen molar-refractivity contribution in [3.05, 3.63) is 29.8 Å². The number of ether oxygens (including phenoxy) is 1. The van der Waals surface area contributed by atoms with Crippen molar-refractivity contribution in [3.8, 4) is 0 Å². The molecule has 1 heterocycles. The van der Waals surface area contributed by atoms with Gasteiger partial charge in [-0.15, -0.1) is 0 Å². The number of hydrogen-bond acceptors (Lipinski definition) is 5. The van der Waals surface area contributed by atoms with Crippen LogP contribution >= 0.6 is 0 Å². The topological polar surface area (TPSA) is 97.2 Å². The van der Waals surface area contributed by atoms with E-state index in [1.54, 1.807) is 0 Å². The Hall–Kier alpha value is -2.11. The smallest absolute Gasteiger partial charge is 0.413 e. The van der Waals surface area contributed by atoms with Gasteiger partial charge in [0.2, 0.25) is 10.0 Å². The van der Waals surface area contributed by atoms with Gasteiger partial charge < -0.3 is 9.64 Å². The van der Waals surface area contributed by atoms with Crippen LogP contribution in [0.2, 0.25) is 0 Å². The van der Waals surface area contributed by atoms with E-state index >= 15 is 0 Å². The Morgan fingerprint density at radius 3 is 2.32 bits per heavy atom. The first-order valence-electron chi connectivity index (χ1n) is 7.41. The number of amides is 2. The normalized spacial score (nSPS) is 16.4. The minimum absolute atomic E-state index is 0.00303. The zero-order valence-corrected chi connectivity index (χ0v) is 14.2. The highest BCUT2D eigenvalue weighted by atomic mass is 32.2. The highest BCUT2D eigenvalue weighted by Crippen LogP contribution is 2.22. The van der Waals surface area contributed by atoms with Gasteiger partial charge in [0.15, 0.2) is 11.4 Å². The van der Waals surface area contributed by atoms with Crippen LogP contribution in [0.25, 0.3) is 0 Å². The predicted molar refractivity (Wildman–Crippen MR) is 81.2 cm³/mol. The second kappa shape index (κ2) is 7.85. The minimum atomic E-state index is -4.30. The van der Waals surface area contributed by atoms with Crippen LogP contribution in [0.1, 0.15) is 0 Å². The Labute approximate surface area is 143 Å². The van der Waals surface area contributed by atoms with Crippen LogP contribution in [0.5, 0.6) is 0 Å². The number of imide groups is 1. The number of alkyl carbamates (subject to hydrolysis) is 1. The van der Waals surface area contributed by atoms with Gasteiger partial charge in [0, 0.05) is 0 Å². The zero-order chi connectivity index (χ0) is 18.6. The van der Waals surface area contributed by atoms with Crippen molar-refractivity contribution in [1.82, 2.24) is 9.62 Å². The van der Waals surface area contributed by atoms with Crippen molar-refractivity contribution in [1.29, 1.82) is 0 Å². The molecule has 138 valence electrons. The summed E-state index contributed by atoms with van der Waals surface area (Å²) >= 11 is 0. The third kappa shape index (κ3) is 4.50. The third-order valence-corrected chi connectivity index (χ3v) is 5.73. The van der Waals surface area contributed by atoms with E-state index in [1.165, 1.54) is 0 Å². The number of nitrogens with one attached hydrogen (secondary N) is 2. The van der Waals surface area contributed by atoms with Gasteiger partial charge in [-0.1, -0.05) is 6.07 Å². The molecule has 0 unspecified atom stereocenters. The molecule has 0 atom stereocenters. The van der Waals surface area contributed by atoms with E-state index in [1.807, 2.05) is 5.32 Å². The Bertz CT molecular complexity index is 743. The number of nitrogens with zero attached hydrogens (tertiary/aromatic N) is 1. The van der Waals surface area contributed by atoms with Gasteiger partial charge in [0.05, 0.1) is 33.3 Å². The molecule has 1 aliphatic rings. The van der Waals surface area contributed by atoms with Gasteiger partial charge in [0.25, 0.3) is 5.91 Å². The quantitative estimate of drug-likeness (QED) is 0.682. The fourth-order valence-corrected chi connectivity index (χ4v) is 4.06. The fourth-order valence-electron chi connectivity index (χ4n) is 2.51. The molecule has 0 aliphatic carbocycles. The highest BCUT2D eigenvalue weighted by molar-refractivity contribution is 7.89. The summed E-state index contributed by atoms with van der Waals surface area (Å²) in [5, 5.41) is 2.01. The number of sulfonamides is 1. The number of benzene rings is 1. The molecule has 2 amide bonds. The molecule has 0 radical (unpaired) electrons. The maximum atomic E-state index is 13.8. The van der Waals surface area contributed by atoms with Crippen molar-refractivity contribution < 1.29 is 36.4 Å². The molecule has 1 saturated heterocycles. The molecule has 1 aromatic carbocycles. The maximum Gasteiger partial charge on any atom is 0.413 e. The average molecular weight is 378 g/mol. The van der Waals surface area contributed by atoms with Crippen molar-refractivity contribution >= 4 is 22.0 Å². The lowest BCUT2D eigenvalue weighted by Crippen LogP contribution is -3.15. The molecule has 2 rings (SSSR count). The fraction of sp³-hybridized carbons (Fsp3) is 0.429. The summed E-state index contributed by atoms with van der Waals surface area (Å²) in [7, 11) is -3.18. The Kier molecular flexibility index (Phi) is 6.03. The average Bonchev–Trinajstić information content (AvgIpc) is 2.54. The van der Waals surface area contributed by atoms with Gasteiger partial charge in [0.1, 0.15) is 11.6 Å². The van der Waals surface area contributed by atoms with E-state index in [-0.39, 0.29) is 32.7 Å². The molecule has 1 aromatic rings. The summed E-state index contributed by atoms with van der Waals surface area (Å²) in [4.78, 5) is 22.3. The third-order valence-electron chi connectivity index (χ3n) is 3.78. The molecular formula is C14H18F2N3O5S+. The number of hydrogen-bond donors (Lipinski definition) is 2.